The summed E-state index contributed by atoms with van der Waals surface area (Å²) >= 11 is 0. The Kier molecular flexibility index (Phi) is 5.33. The normalized spacial score (nSPS) is 13.8. The zero-order valence-electron chi connectivity index (χ0n) is 10.9. The molecule has 1 rings (SSSR count). The molecule has 1 aromatic rings. The van der Waals surface area contributed by atoms with Crippen molar-refractivity contribution in [2.24, 2.45) is 7.05 Å². The predicted octanol–water partition coefficient (Wildman–Crippen LogP) is 0.221. The summed E-state index contributed by atoms with van der Waals surface area (Å²) in [6.07, 6.45) is 1.47. The lowest BCUT2D eigenvalue weighted by molar-refractivity contribution is 0.133. The van der Waals surface area contributed by atoms with Crippen LogP contribution >= 0.6 is 0 Å². The molecule has 0 radical (unpaired) electrons. The summed E-state index contributed by atoms with van der Waals surface area (Å²) in [7, 11) is -1.87. The van der Waals surface area contributed by atoms with Crippen LogP contribution in [-0.2, 0) is 28.4 Å². The zero-order valence-corrected chi connectivity index (χ0v) is 11.7. The van der Waals surface area contributed by atoms with Gasteiger partial charge in [-0.25, -0.2) is 13.1 Å². The highest BCUT2D eigenvalue weighted by Crippen LogP contribution is 2.13. The third-order valence-electron chi connectivity index (χ3n) is 2.48. The fourth-order valence-electron chi connectivity index (χ4n) is 1.54. The van der Waals surface area contributed by atoms with Crippen LogP contribution in [-0.4, -0.2) is 37.3 Å². The topological polar surface area (TPSA) is 80.6 Å². The van der Waals surface area contributed by atoms with Gasteiger partial charge in [0.05, 0.1) is 18.1 Å². The van der Waals surface area contributed by atoms with E-state index in [-0.39, 0.29) is 17.5 Å². The first kappa shape index (κ1) is 15.2. The minimum atomic E-state index is -3.56. The van der Waals surface area contributed by atoms with Gasteiger partial charge in [-0.05, 0) is 19.9 Å². The van der Waals surface area contributed by atoms with E-state index in [1.54, 1.807) is 18.5 Å². The van der Waals surface area contributed by atoms with Crippen LogP contribution < -0.4 is 4.72 Å². The summed E-state index contributed by atoms with van der Waals surface area (Å²) in [5.41, 5.74) is 0.549. The first-order valence-electron chi connectivity index (χ1n) is 5.77. The van der Waals surface area contributed by atoms with Gasteiger partial charge in [0.25, 0.3) is 0 Å². The number of hydrogen-bond donors (Lipinski definition) is 2. The van der Waals surface area contributed by atoms with E-state index in [0.717, 1.165) is 0 Å². The molecule has 0 aliphatic rings. The smallest absolute Gasteiger partial charge is 0.242 e. The molecule has 1 heterocycles. The van der Waals surface area contributed by atoms with E-state index in [1.165, 1.54) is 12.3 Å². The van der Waals surface area contributed by atoms with Gasteiger partial charge in [0.2, 0.25) is 10.0 Å². The number of rotatable bonds is 7. The molecule has 0 amide bonds. The Labute approximate surface area is 108 Å². The minimum absolute atomic E-state index is 0.150. The van der Waals surface area contributed by atoms with Crippen LogP contribution in [0.2, 0.25) is 0 Å². The average molecular weight is 276 g/mol. The number of aliphatic hydroxyl groups excluding tert-OH is 1. The van der Waals surface area contributed by atoms with Crippen LogP contribution in [0.25, 0.3) is 0 Å². The van der Waals surface area contributed by atoms with E-state index in [4.69, 9.17) is 9.84 Å². The second kappa shape index (κ2) is 6.33. The predicted molar refractivity (Wildman–Crippen MR) is 67.6 cm³/mol. The number of aryl methyl sites for hydroxylation is 1. The van der Waals surface area contributed by atoms with E-state index in [1.807, 2.05) is 6.92 Å². The van der Waals surface area contributed by atoms with Gasteiger partial charge in [-0.3, -0.25) is 0 Å². The highest BCUT2D eigenvalue weighted by molar-refractivity contribution is 7.89. The Bertz CT molecular complexity index is 481. The van der Waals surface area contributed by atoms with Crippen LogP contribution in [0.3, 0.4) is 0 Å². The Balaban J connectivity index is 2.79. The van der Waals surface area contributed by atoms with Gasteiger partial charge >= 0.3 is 0 Å². The van der Waals surface area contributed by atoms with Crippen LogP contribution in [0.15, 0.2) is 17.2 Å². The molecule has 7 heteroatoms. The Hall–Kier alpha value is -0.890. The maximum Gasteiger partial charge on any atom is 0.242 e. The molecule has 0 fully saturated rings. The molecule has 18 heavy (non-hydrogen) atoms. The maximum atomic E-state index is 12.0. The number of hydrogen-bond acceptors (Lipinski definition) is 4. The van der Waals surface area contributed by atoms with E-state index >= 15 is 0 Å². The molecule has 0 saturated heterocycles. The summed E-state index contributed by atoms with van der Waals surface area (Å²) in [5, 5.41) is 9.04. The lowest BCUT2D eigenvalue weighted by atomic mass is 10.4. The monoisotopic (exact) mass is 276 g/mol. The molecule has 1 aromatic heterocycles. The molecule has 1 atom stereocenters. The fourth-order valence-corrected chi connectivity index (χ4v) is 2.86. The van der Waals surface area contributed by atoms with Crippen molar-refractivity contribution in [1.82, 2.24) is 9.29 Å². The summed E-state index contributed by atoms with van der Waals surface area (Å²) in [6.45, 7) is 4.27. The van der Waals surface area contributed by atoms with Gasteiger partial charge < -0.3 is 14.4 Å². The number of nitrogens with zero attached hydrogens (tertiary/aromatic N) is 1. The number of nitrogens with one attached hydrogen (secondary N) is 1. The van der Waals surface area contributed by atoms with Crippen molar-refractivity contribution in [3.63, 3.8) is 0 Å². The molecule has 1 unspecified atom stereocenters. The lowest BCUT2D eigenvalue weighted by Crippen LogP contribution is -2.35. The van der Waals surface area contributed by atoms with Crippen molar-refractivity contribution >= 4 is 10.0 Å². The van der Waals surface area contributed by atoms with E-state index in [0.29, 0.717) is 18.9 Å². The van der Waals surface area contributed by atoms with E-state index in [9.17, 15) is 8.42 Å². The van der Waals surface area contributed by atoms with Crippen molar-refractivity contribution in [2.45, 2.75) is 31.4 Å². The molecule has 0 aliphatic carbocycles. The van der Waals surface area contributed by atoms with E-state index in [2.05, 4.69) is 4.72 Å². The van der Waals surface area contributed by atoms with E-state index < -0.39 is 10.0 Å². The lowest BCUT2D eigenvalue weighted by Gasteiger charge is -2.13. The molecular formula is C11H20N2O4S. The Morgan fingerprint density at radius 1 is 1.56 bits per heavy atom. The summed E-state index contributed by atoms with van der Waals surface area (Å²) in [6, 6.07) is 1.16. The zero-order chi connectivity index (χ0) is 13.8. The second-order valence-electron chi connectivity index (χ2n) is 4.12. The molecule has 6 nitrogen and oxygen atoms in total. The summed E-state index contributed by atoms with van der Waals surface area (Å²) < 4.78 is 33.3. The van der Waals surface area contributed by atoms with Gasteiger partial charge in [-0.2, -0.15) is 0 Å². The number of sulfonamides is 1. The van der Waals surface area contributed by atoms with Crippen LogP contribution in [0.5, 0.6) is 0 Å². The first-order valence-corrected chi connectivity index (χ1v) is 7.25. The molecular weight excluding hydrogens is 256 g/mol. The van der Waals surface area contributed by atoms with Crippen molar-refractivity contribution in [3.05, 3.63) is 18.0 Å². The third kappa shape index (κ3) is 3.81. The average Bonchev–Trinajstić information content (AvgIpc) is 2.68. The van der Waals surface area contributed by atoms with Gasteiger partial charge in [0, 0.05) is 31.6 Å². The van der Waals surface area contributed by atoms with Gasteiger partial charge in [0.1, 0.15) is 0 Å². The van der Waals surface area contributed by atoms with Crippen LogP contribution in [0, 0.1) is 0 Å². The largest absolute Gasteiger partial charge is 0.390 e. The standard InChI is InChI=1S/C11H20N2O4S/c1-4-17-8-9(2)12-18(15,16)11-5-10(7-14)13(3)6-11/h5-6,9,12,14H,4,7-8H2,1-3H3. The van der Waals surface area contributed by atoms with Crippen LogP contribution in [0.4, 0.5) is 0 Å². The van der Waals surface area contributed by atoms with Crippen molar-refractivity contribution in [3.8, 4) is 0 Å². The summed E-state index contributed by atoms with van der Waals surface area (Å²) in [4.78, 5) is 0.150. The molecule has 0 spiro atoms. The number of ether oxygens (including phenoxy) is 1. The molecule has 2 N–H and O–H groups in total. The number of aromatic nitrogens is 1. The maximum absolute atomic E-state index is 12.0. The highest BCUT2D eigenvalue weighted by atomic mass is 32.2. The molecule has 104 valence electrons. The van der Waals surface area contributed by atoms with Gasteiger partial charge in [0.15, 0.2) is 0 Å². The van der Waals surface area contributed by atoms with Crippen LogP contribution in [0.1, 0.15) is 19.5 Å². The van der Waals surface area contributed by atoms with Crippen molar-refractivity contribution in [1.29, 1.82) is 0 Å². The highest BCUT2D eigenvalue weighted by Gasteiger charge is 2.19. The number of aliphatic hydroxyl groups is 1. The quantitative estimate of drug-likeness (QED) is 0.746. The molecule has 0 saturated carbocycles. The molecule has 0 bridgehead atoms. The Morgan fingerprint density at radius 2 is 2.22 bits per heavy atom. The van der Waals surface area contributed by atoms with Crippen molar-refractivity contribution < 1.29 is 18.3 Å². The minimum Gasteiger partial charge on any atom is -0.390 e. The fraction of sp³-hybridized carbons (Fsp3) is 0.636. The third-order valence-corrected chi connectivity index (χ3v) is 4.04. The molecule has 0 aromatic carbocycles. The van der Waals surface area contributed by atoms with Gasteiger partial charge in [-0.1, -0.05) is 0 Å². The summed E-state index contributed by atoms with van der Waals surface area (Å²) in [5.74, 6) is 0. The first-order chi connectivity index (χ1) is 8.40. The Morgan fingerprint density at radius 3 is 2.72 bits per heavy atom. The SMILES string of the molecule is CCOCC(C)NS(=O)(=O)c1cc(CO)n(C)c1. The van der Waals surface area contributed by atoms with Gasteiger partial charge in [-0.15, -0.1) is 0 Å². The second-order valence-corrected chi connectivity index (χ2v) is 5.83. The molecule has 0 aliphatic heterocycles. The van der Waals surface area contributed by atoms with Crippen molar-refractivity contribution in [2.75, 3.05) is 13.2 Å².